The first-order valence-electron chi connectivity index (χ1n) is 6.11. The molecule has 0 saturated carbocycles. The number of nitrogens with zero attached hydrogens (tertiary/aromatic N) is 3. The third kappa shape index (κ3) is 3.48. The third-order valence-corrected chi connectivity index (χ3v) is 2.47. The molecule has 0 unspecified atom stereocenters. The normalized spacial score (nSPS) is 11.5. The summed E-state index contributed by atoms with van der Waals surface area (Å²) >= 11 is 0. The lowest BCUT2D eigenvalue weighted by molar-refractivity contribution is 0.00275. The van der Waals surface area contributed by atoms with Crippen molar-refractivity contribution in [1.29, 1.82) is 0 Å². The molecule has 5 nitrogen and oxygen atoms in total. The number of ketones is 1. The van der Waals surface area contributed by atoms with Crippen LogP contribution in [0.25, 0.3) is 5.69 Å². The molecule has 0 radical (unpaired) electrons. The Morgan fingerprint density at radius 2 is 1.95 bits per heavy atom. The summed E-state index contributed by atoms with van der Waals surface area (Å²) in [5.41, 5.74) is 0.885. The molecule has 5 heteroatoms. The van der Waals surface area contributed by atoms with Gasteiger partial charge in [-0.1, -0.05) is 23.4 Å². The SMILES string of the molecule is CC(C)(C)OCC(=O)c1cnnn1-c1ccccc1. The smallest absolute Gasteiger partial charge is 0.208 e. The molecule has 0 bridgehead atoms. The fourth-order valence-electron chi connectivity index (χ4n) is 1.54. The number of carbonyl (C=O) groups is 1. The van der Waals surface area contributed by atoms with Crippen LogP contribution in [0.1, 0.15) is 31.3 Å². The van der Waals surface area contributed by atoms with E-state index in [1.54, 1.807) is 0 Å². The first kappa shape index (κ1) is 13.4. The topological polar surface area (TPSA) is 57.0 Å². The van der Waals surface area contributed by atoms with Gasteiger partial charge in [0.1, 0.15) is 12.3 Å². The Kier molecular flexibility index (Phi) is 3.76. The summed E-state index contributed by atoms with van der Waals surface area (Å²) in [5.74, 6) is -0.135. The monoisotopic (exact) mass is 259 g/mol. The number of Topliss-reactive ketones (excluding diaryl/α,β-unsaturated/α-hetero) is 1. The van der Waals surface area contributed by atoms with Crippen molar-refractivity contribution in [1.82, 2.24) is 15.0 Å². The number of carbonyl (C=O) groups excluding carboxylic acids is 1. The van der Waals surface area contributed by atoms with Crippen molar-refractivity contribution in [3.63, 3.8) is 0 Å². The fraction of sp³-hybridized carbons (Fsp3) is 0.357. The molecular weight excluding hydrogens is 242 g/mol. The van der Waals surface area contributed by atoms with Crippen molar-refractivity contribution < 1.29 is 9.53 Å². The van der Waals surface area contributed by atoms with Gasteiger partial charge in [-0.15, -0.1) is 5.10 Å². The van der Waals surface area contributed by atoms with E-state index in [2.05, 4.69) is 10.3 Å². The number of aromatic nitrogens is 3. The van der Waals surface area contributed by atoms with Crippen molar-refractivity contribution >= 4 is 5.78 Å². The van der Waals surface area contributed by atoms with E-state index in [1.165, 1.54) is 10.9 Å². The molecule has 1 heterocycles. The van der Waals surface area contributed by atoms with Gasteiger partial charge in [-0.2, -0.15) is 0 Å². The standard InChI is InChI=1S/C14H17N3O2/c1-14(2,3)19-10-13(18)12-9-15-16-17(12)11-7-5-4-6-8-11/h4-9H,10H2,1-3H3. The van der Waals surface area contributed by atoms with Gasteiger partial charge >= 0.3 is 0 Å². The molecule has 0 amide bonds. The molecule has 0 saturated heterocycles. The van der Waals surface area contributed by atoms with Crippen molar-refractivity contribution in [2.75, 3.05) is 6.61 Å². The van der Waals surface area contributed by atoms with E-state index >= 15 is 0 Å². The van der Waals surface area contributed by atoms with E-state index in [1.807, 2.05) is 51.1 Å². The lowest BCUT2D eigenvalue weighted by Crippen LogP contribution is -2.24. The van der Waals surface area contributed by atoms with E-state index in [0.29, 0.717) is 5.69 Å². The third-order valence-electron chi connectivity index (χ3n) is 2.47. The molecule has 0 aliphatic carbocycles. The first-order valence-corrected chi connectivity index (χ1v) is 6.11. The highest BCUT2D eigenvalue weighted by molar-refractivity contribution is 5.95. The maximum atomic E-state index is 12.1. The Bertz CT molecular complexity index is 556. The second-order valence-electron chi connectivity index (χ2n) is 5.19. The highest BCUT2D eigenvalue weighted by Crippen LogP contribution is 2.11. The second-order valence-corrected chi connectivity index (χ2v) is 5.19. The molecular formula is C14H17N3O2. The Labute approximate surface area is 112 Å². The Hall–Kier alpha value is -2.01. The molecule has 1 aromatic carbocycles. The highest BCUT2D eigenvalue weighted by atomic mass is 16.5. The molecule has 0 spiro atoms. The summed E-state index contributed by atoms with van der Waals surface area (Å²) in [5, 5.41) is 7.74. The fourth-order valence-corrected chi connectivity index (χ4v) is 1.54. The molecule has 0 aliphatic heterocycles. The van der Waals surface area contributed by atoms with Gasteiger partial charge in [0, 0.05) is 0 Å². The average Bonchev–Trinajstić information content (AvgIpc) is 2.85. The molecule has 100 valence electrons. The van der Waals surface area contributed by atoms with Gasteiger partial charge in [0.05, 0.1) is 17.5 Å². The number of rotatable bonds is 4. The lowest BCUT2D eigenvalue weighted by Gasteiger charge is -2.18. The van der Waals surface area contributed by atoms with Gasteiger partial charge in [-0.05, 0) is 32.9 Å². The van der Waals surface area contributed by atoms with Crippen LogP contribution in [0.4, 0.5) is 0 Å². The van der Waals surface area contributed by atoms with Gasteiger partial charge in [0.2, 0.25) is 5.78 Å². The predicted molar refractivity (Wildman–Crippen MR) is 71.4 cm³/mol. The maximum Gasteiger partial charge on any atom is 0.208 e. The molecule has 2 aromatic rings. The van der Waals surface area contributed by atoms with Crippen LogP contribution >= 0.6 is 0 Å². The van der Waals surface area contributed by atoms with Crippen molar-refractivity contribution in [3.05, 3.63) is 42.2 Å². The summed E-state index contributed by atoms with van der Waals surface area (Å²) in [6, 6.07) is 9.42. The van der Waals surface area contributed by atoms with Crippen LogP contribution in [0, 0.1) is 0 Å². The van der Waals surface area contributed by atoms with E-state index < -0.39 is 0 Å². The Morgan fingerprint density at radius 1 is 1.26 bits per heavy atom. The molecule has 0 atom stereocenters. The number of ether oxygens (including phenoxy) is 1. The minimum Gasteiger partial charge on any atom is -0.368 e. The lowest BCUT2D eigenvalue weighted by atomic mass is 10.2. The second kappa shape index (κ2) is 5.32. The van der Waals surface area contributed by atoms with E-state index in [9.17, 15) is 4.79 Å². The zero-order chi connectivity index (χ0) is 13.9. The van der Waals surface area contributed by atoms with Crippen LogP contribution in [-0.2, 0) is 4.74 Å². The van der Waals surface area contributed by atoms with Crippen LogP contribution in [-0.4, -0.2) is 33.0 Å². The quantitative estimate of drug-likeness (QED) is 0.790. The van der Waals surface area contributed by atoms with Crippen molar-refractivity contribution in [3.8, 4) is 5.69 Å². The summed E-state index contributed by atoms with van der Waals surface area (Å²) < 4.78 is 7.01. The predicted octanol–water partition coefficient (Wildman–Crippen LogP) is 2.27. The molecule has 1 aromatic heterocycles. The summed E-state index contributed by atoms with van der Waals surface area (Å²) in [6.45, 7) is 5.75. The van der Waals surface area contributed by atoms with Crippen LogP contribution in [0.5, 0.6) is 0 Å². The number of para-hydroxylation sites is 1. The first-order chi connectivity index (χ1) is 8.97. The number of hydrogen-bond donors (Lipinski definition) is 0. The molecule has 2 rings (SSSR count). The Balaban J connectivity index is 2.18. The zero-order valence-corrected chi connectivity index (χ0v) is 11.3. The van der Waals surface area contributed by atoms with Gasteiger partial charge in [-0.25, -0.2) is 4.68 Å². The van der Waals surface area contributed by atoms with Crippen molar-refractivity contribution in [2.45, 2.75) is 26.4 Å². The van der Waals surface area contributed by atoms with Crippen LogP contribution in [0.15, 0.2) is 36.5 Å². The number of benzene rings is 1. The van der Waals surface area contributed by atoms with Gasteiger partial charge in [-0.3, -0.25) is 4.79 Å². The minimum atomic E-state index is -0.347. The summed E-state index contributed by atoms with van der Waals surface area (Å²) in [7, 11) is 0. The van der Waals surface area contributed by atoms with Crippen LogP contribution in [0.2, 0.25) is 0 Å². The zero-order valence-electron chi connectivity index (χ0n) is 11.3. The van der Waals surface area contributed by atoms with Crippen LogP contribution in [0.3, 0.4) is 0 Å². The van der Waals surface area contributed by atoms with Crippen LogP contribution < -0.4 is 0 Å². The summed E-state index contributed by atoms with van der Waals surface area (Å²) in [4.78, 5) is 12.1. The van der Waals surface area contributed by atoms with Gasteiger partial charge in [0.15, 0.2) is 0 Å². The average molecular weight is 259 g/mol. The van der Waals surface area contributed by atoms with Gasteiger partial charge < -0.3 is 4.74 Å². The molecule has 0 N–H and O–H groups in total. The van der Waals surface area contributed by atoms with E-state index in [4.69, 9.17) is 4.74 Å². The highest BCUT2D eigenvalue weighted by Gasteiger charge is 2.18. The molecule has 0 aliphatic rings. The largest absolute Gasteiger partial charge is 0.368 e. The van der Waals surface area contributed by atoms with E-state index in [-0.39, 0.29) is 18.0 Å². The maximum absolute atomic E-state index is 12.1. The van der Waals surface area contributed by atoms with E-state index in [0.717, 1.165) is 5.69 Å². The number of hydrogen-bond acceptors (Lipinski definition) is 4. The summed E-state index contributed by atoms with van der Waals surface area (Å²) in [6.07, 6.45) is 1.46. The molecule has 19 heavy (non-hydrogen) atoms. The Morgan fingerprint density at radius 3 is 2.58 bits per heavy atom. The molecule has 0 fully saturated rings. The van der Waals surface area contributed by atoms with Gasteiger partial charge in [0.25, 0.3) is 0 Å². The minimum absolute atomic E-state index is 0.0176. The van der Waals surface area contributed by atoms with Crippen molar-refractivity contribution in [2.24, 2.45) is 0 Å².